The van der Waals surface area contributed by atoms with Crippen molar-refractivity contribution in [2.45, 2.75) is 6.92 Å². The van der Waals surface area contributed by atoms with Crippen LogP contribution in [0.4, 0.5) is 0 Å². The average molecular weight is 179 g/mol. The molecule has 1 rings (SSSR count). The van der Waals surface area contributed by atoms with Gasteiger partial charge in [0.1, 0.15) is 0 Å². The molecule has 0 aliphatic rings. The van der Waals surface area contributed by atoms with E-state index in [0.717, 1.165) is 0 Å². The Balaban J connectivity index is 2.81. The molecule has 0 bridgehead atoms. The third-order valence-electron chi connectivity index (χ3n) is 1.69. The maximum atomic E-state index is 2.15. The summed E-state index contributed by atoms with van der Waals surface area (Å²) in [5.41, 5.74) is 1.36. The van der Waals surface area contributed by atoms with Gasteiger partial charge in [0.25, 0.3) is 0 Å². The van der Waals surface area contributed by atoms with Crippen LogP contribution in [0.15, 0.2) is 30.3 Å². The summed E-state index contributed by atoms with van der Waals surface area (Å²) in [7, 11) is 5.45. The van der Waals surface area contributed by atoms with E-state index in [1.54, 1.807) is 0 Å². The van der Waals surface area contributed by atoms with Crippen LogP contribution >= 0.6 is 8.20 Å². The van der Waals surface area contributed by atoms with E-state index < -0.39 is 0 Å². The zero-order valence-electron chi connectivity index (χ0n) is 7.78. The summed E-state index contributed by atoms with van der Waals surface area (Å²) in [6, 6.07) is 10.5. The molecule has 0 aliphatic carbocycles. The lowest BCUT2D eigenvalue weighted by atomic mass is 10.4. The Bertz CT molecular complexity index is 264. The van der Waals surface area contributed by atoms with Gasteiger partial charge >= 0.3 is 0 Å². The lowest BCUT2D eigenvalue weighted by Crippen LogP contribution is -2.17. The molecule has 0 spiro atoms. The van der Waals surface area contributed by atoms with E-state index in [-0.39, 0.29) is 0 Å². The zero-order chi connectivity index (χ0) is 8.97. The quantitative estimate of drug-likeness (QED) is 0.627. The Hall–Kier alpha value is -0.650. The van der Waals surface area contributed by atoms with E-state index >= 15 is 0 Å². The molecule has 0 fully saturated rings. The van der Waals surface area contributed by atoms with Gasteiger partial charge in [0.2, 0.25) is 0 Å². The van der Waals surface area contributed by atoms with Gasteiger partial charge in [-0.05, 0) is 21.0 Å². The van der Waals surface area contributed by atoms with E-state index in [4.69, 9.17) is 0 Å². The predicted octanol–water partition coefficient (Wildman–Crippen LogP) is 1.97. The van der Waals surface area contributed by atoms with E-state index in [0.29, 0.717) is 0 Å². The molecule has 1 aromatic carbocycles. The fourth-order valence-corrected chi connectivity index (χ4v) is 1.68. The van der Waals surface area contributed by atoms with Crippen LogP contribution in [0, 0.1) is 0 Å². The molecule has 0 unspecified atom stereocenters. The smallest absolute Gasteiger partial charge is 0.0188 e. The van der Waals surface area contributed by atoms with Gasteiger partial charge in [-0.1, -0.05) is 38.5 Å². The maximum Gasteiger partial charge on any atom is 0.0188 e. The number of hydrogen-bond donors (Lipinski definition) is 0. The molecule has 0 heterocycles. The average Bonchev–Trinajstić information content (AvgIpc) is 2.06. The standard InChI is InChI=1S/C10H14NP/c1-9(11(2)3)12-10-7-5-4-6-8-10/h4-8H,1-3H3. The van der Waals surface area contributed by atoms with Gasteiger partial charge in [0, 0.05) is 10.7 Å². The van der Waals surface area contributed by atoms with Crippen LogP contribution in [0.1, 0.15) is 6.92 Å². The molecule has 0 N–H and O–H groups in total. The van der Waals surface area contributed by atoms with Crippen molar-refractivity contribution < 1.29 is 0 Å². The second kappa shape index (κ2) is 4.39. The summed E-state index contributed by atoms with van der Waals surface area (Å²) in [6.45, 7) is 2.15. The molecule has 1 aromatic rings. The predicted molar refractivity (Wildman–Crippen MR) is 57.4 cm³/mol. The lowest BCUT2D eigenvalue weighted by Gasteiger charge is -2.08. The van der Waals surface area contributed by atoms with E-state index in [1.807, 2.05) is 6.07 Å². The summed E-state index contributed by atoms with van der Waals surface area (Å²) >= 11 is 0. The molecule has 64 valence electrons. The van der Waals surface area contributed by atoms with Crippen molar-refractivity contribution >= 4 is 18.9 Å². The third-order valence-corrected chi connectivity index (χ3v) is 2.97. The summed E-state index contributed by atoms with van der Waals surface area (Å²) in [6.07, 6.45) is 0. The molecular weight excluding hydrogens is 165 g/mol. The van der Waals surface area contributed by atoms with Crippen LogP contribution < -0.4 is 5.30 Å². The summed E-state index contributed by atoms with van der Waals surface area (Å²) in [4.78, 5) is 2.15. The van der Waals surface area contributed by atoms with Crippen LogP contribution in [0.5, 0.6) is 0 Å². The highest BCUT2D eigenvalue weighted by Crippen LogP contribution is 2.01. The van der Waals surface area contributed by atoms with Crippen LogP contribution in [-0.2, 0) is 0 Å². The van der Waals surface area contributed by atoms with E-state index in [2.05, 4.69) is 50.2 Å². The van der Waals surface area contributed by atoms with Crippen LogP contribution in [0.25, 0.3) is 0 Å². The first kappa shape index (κ1) is 9.44. The molecule has 0 aromatic heterocycles. The molecular formula is C10H14NP. The molecule has 0 radical (unpaired) electrons. The maximum absolute atomic E-state index is 2.15. The Labute approximate surface area is 75.8 Å². The van der Waals surface area contributed by atoms with Gasteiger partial charge in [0.05, 0.1) is 0 Å². The second-order valence-corrected chi connectivity index (χ2v) is 4.28. The third kappa shape index (κ3) is 2.77. The first-order valence-electron chi connectivity index (χ1n) is 3.98. The summed E-state index contributed by atoms with van der Waals surface area (Å²) in [5, 5.41) is 1.35. The zero-order valence-corrected chi connectivity index (χ0v) is 8.68. The van der Waals surface area contributed by atoms with Gasteiger partial charge < -0.3 is 0 Å². The Morgan fingerprint density at radius 3 is 2.25 bits per heavy atom. The highest BCUT2D eigenvalue weighted by molar-refractivity contribution is 7.48. The van der Waals surface area contributed by atoms with Crippen LogP contribution in [0.2, 0.25) is 0 Å². The SMILES string of the molecule is CC(=Pc1ccccc1)N(C)C. The van der Waals surface area contributed by atoms with E-state index in [1.165, 1.54) is 18.9 Å². The fraction of sp³-hybridized carbons (Fsp3) is 0.300. The van der Waals surface area contributed by atoms with Crippen LogP contribution in [-0.4, -0.2) is 24.4 Å². The normalized spacial score (nSPS) is 12.2. The Morgan fingerprint density at radius 2 is 1.75 bits per heavy atom. The van der Waals surface area contributed by atoms with Crippen molar-refractivity contribution in [3.8, 4) is 0 Å². The largest absolute Gasteiger partial charge is 0.281 e. The first-order chi connectivity index (χ1) is 5.70. The minimum absolute atomic E-state index is 1.30. The molecule has 0 amide bonds. The molecule has 0 aliphatic heterocycles. The molecule has 12 heavy (non-hydrogen) atoms. The molecule has 0 saturated heterocycles. The monoisotopic (exact) mass is 179 g/mol. The van der Waals surface area contributed by atoms with Gasteiger partial charge in [-0.15, -0.1) is 0 Å². The van der Waals surface area contributed by atoms with Crippen molar-refractivity contribution in [1.82, 2.24) is 4.90 Å². The van der Waals surface area contributed by atoms with E-state index in [9.17, 15) is 0 Å². The van der Waals surface area contributed by atoms with Gasteiger partial charge in [0.15, 0.2) is 0 Å². The van der Waals surface area contributed by atoms with Crippen molar-refractivity contribution in [3.05, 3.63) is 30.3 Å². The molecule has 0 saturated carbocycles. The Morgan fingerprint density at radius 1 is 1.17 bits per heavy atom. The summed E-state index contributed by atoms with van der Waals surface area (Å²) < 4.78 is 0. The number of rotatable bonds is 2. The lowest BCUT2D eigenvalue weighted by molar-refractivity contribution is 0.631. The van der Waals surface area contributed by atoms with Crippen molar-refractivity contribution in [1.29, 1.82) is 0 Å². The molecule has 2 heteroatoms. The topological polar surface area (TPSA) is 3.24 Å². The van der Waals surface area contributed by atoms with Gasteiger partial charge in [-0.3, -0.25) is 4.90 Å². The highest BCUT2D eigenvalue weighted by atomic mass is 31.1. The number of benzene rings is 1. The first-order valence-corrected chi connectivity index (χ1v) is 4.87. The van der Waals surface area contributed by atoms with Gasteiger partial charge in [-0.25, -0.2) is 0 Å². The highest BCUT2D eigenvalue weighted by Gasteiger charge is 1.92. The minimum Gasteiger partial charge on any atom is -0.281 e. The second-order valence-electron chi connectivity index (χ2n) is 2.89. The van der Waals surface area contributed by atoms with Crippen molar-refractivity contribution in [3.63, 3.8) is 0 Å². The summed E-state index contributed by atoms with van der Waals surface area (Å²) in [5.74, 6) is 0. The van der Waals surface area contributed by atoms with Crippen LogP contribution in [0.3, 0.4) is 0 Å². The van der Waals surface area contributed by atoms with Crippen molar-refractivity contribution in [2.75, 3.05) is 14.1 Å². The number of hydrogen-bond acceptors (Lipinski definition) is 0. The van der Waals surface area contributed by atoms with Gasteiger partial charge in [-0.2, -0.15) is 0 Å². The fourth-order valence-electron chi connectivity index (χ4n) is 0.789. The number of nitrogens with zero attached hydrogens (tertiary/aromatic N) is 1. The Kier molecular flexibility index (Phi) is 3.46. The molecule has 1 nitrogen and oxygen atoms in total. The van der Waals surface area contributed by atoms with Crippen molar-refractivity contribution in [2.24, 2.45) is 0 Å². The minimum atomic E-state index is 1.30. The molecule has 0 atom stereocenters.